The Morgan fingerprint density at radius 3 is 2.83 bits per heavy atom. The summed E-state index contributed by atoms with van der Waals surface area (Å²) >= 11 is 2.25. The smallest absolute Gasteiger partial charge is 0.233 e. The second kappa shape index (κ2) is 4.97. The largest absolute Gasteiger partial charge is 0.484 e. The molecule has 3 nitrogen and oxygen atoms in total. The van der Waals surface area contributed by atoms with Gasteiger partial charge in [-0.25, -0.2) is 4.98 Å². The number of nitrogens with zero attached hydrogens (tertiary/aromatic N) is 1. The van der Waals surface area contributed by atoms with E-state index in [1.54, 1.807) is 0 Å². The third-order valence-corrected chi connectivity index (χ3v) is 3.17. The molecule has 0 bridgehead atoms. The molecule has 2 aromatic carbocycles. The zero-order valence-electron chi connectivity index (χ0n) is 9.47. The van der Waals surface area contributed by atoms with Crippen molar-refractivity contribution in [1.29, 1.82) is 0 Å². The molecule has 90 valence electrons. The molecule has 0 saturated carbocycles. The number of halogens is 1. The lowest BCUT2D eigenvalue weighted by atomic mass is 10.3. The van der Waals surface area contributed by atoms with Gasteiger partial charge in [0.05, 0.1) is 0 Å². The average molecular weight is 351 g/mol. The van der Waals surface area contributed by atoms with Crippen molar-refractivity contribution in [2.75, 3.05) is 0 Å². The van der Waals surface area contributed by atoms with E-state index >= 15 is 0 Å². The van der Waals surface area contributed by atoms with Crippen LogP contribution in [0.3, 0.4) is 0 Å². The maximum absolute atomic E-state index is 5.64. The number of aromatic nitrogens is 1. The molecule has 3 aromatic rings. The fourth-order valence-corrected chi connectivity index (χ4v) is 2.20. The van der Waals surface area contributed by atoms with Crippen molar-refractivity contribution < 1.29 is 9.15 Å². The lowest BCUT2D eigenvalue weighted by Crippen LogP contribution is -1.95. The lowest BCUT2D eigenvalue weighted by molar-refractivity contribution is 0.267. The number of hydrogen-bond donors (Lipinski definition) is 0. The number of rotatable bonds is 3. The first kappa shape index (κ1) is 11.5. The molecule has 0 aliphatic rings. The molecular weight excluding hydrogens is 341 g/mol. The standard InChI is InChI=1S/C14H10INO2/c15-10-4-3-5-11(8-10)17-9-14-16-12-6-1-2-7-13(12)18-14/h1-8H,9H2. The summed E-state index contributed by atoms with van der Waals surface area (Å²) in [7, 11) is 0. The SMILES string of the molecule is Ic1cccc(OCc2nc3ccccc3o2)c1. The Kier molecular flexibility index (Phi) is 3.19. The van der Waals surface area contributed by atoms with Crippen LogP contribution in [0.5, 0.6) is 5.75 Å². The van der Waals surface area contributed by atoms with Gasteiger partial charge < -0.3 is 9.15 Å². The molecule has 0 aliphatic heterocycles. The fourth-order valence-electron chi connectivity index (χ4n) is 1.68. The first-order valence-electron chi connectivity index (χ1n) is 5.54. The van der Waals surface area contributed by atoms with Crippen molar-refractivity contribution in [3.8, 4) is 5.75 Å². The minimum absolute atomic E-state index is 0.342. The number of fused-ring (bicyclic) bond motifs is 1. The van der Waals surface area contributed by atoms with Gasteiger partial charge in [0.15, 0.2) is 12.2 Å². The predicted molar refractivity (Wildman–Crippen MR) is 77.5 cm³/mol. The molecule has 0 amide bonds. The van der Waals surface area contributed by atoms with E-state index in [0.717, 1.165) is 20.4 Å². The van der Waals surface area contributed by atoms with Gasteiger partial charge in [0.25, 0.3) is 0 Å². The second-order valence-corrected chi connectivity index (χ2v) is 5.07. The summed E-state index contributed by atoms with van der Waals surface area (Å²) in [6.07, 6.45) is 0. The molecule has 0 saturated heterocycles. The maximum atomic E-state index is 5.64. The van der Waals surface area contributed by atoms with Gasteiger partial charge in [0.1, 0.15) is 11.3 Å². The zero-order chi connectivity index (χ0) is 12.4. The summed E-state index contributed by atoms with van der Waals surface area (Å²) in [6, 6.07) is 15.6. The summed E-state index contributed by atoms with van der Waals surface area (Å²) < 4.78 is 12.4. The second-order valence-electron chi connectivity index (χ2n) is 3.82. The Balaban J connectivity index is 1.76. The molecule has 0 N–H and O–H groups in total. The minimum atomic E-state index is 0.342. The third kappa shape index (κ3) is 2.48. The number of ether oxygens (including phenoxy) is 1. The summed E-state index contributed by atoms with van der Waals surface area (Å²) in [5.74, 6) is 1.42. The summed E-state index contributed by atoms with van der Waals surface area (Å²) in [6.45, 7) is 0.342. The minimum Gasteiger partial charge on any atom is -0.484 e. The van der Waals surface area contributed by atoms with Gasteiger partial charge in [-0.3, -0.25) is 0 Å². The van der Waals surface area contributed by atoms with Crippen LogP contribution in [-0.2, 0) is 6.61 Å². The van der Waals surface area contributed by atoms with Crippen LogP contribution >= 0.6 is 22.6 Å². The third-order valence-electron chi connectivity index (χ3n) is 2.50. The average Bonchev–Trinajstić information content (AvgIpc) is 2.79. The van der Waals surface area contributed by atoms with Gasteiger partial charge in [0.2, 0.25) is 5.89 Å². The van der Waals surface area contributed by atoms with E-state index in [1.165, 1.54) is 0 Å². The molecular formula is C14H10INO2. The van der Waals surface area contributed by atoms with Crippen molar-refractivity contribution in [1.82, 2.24) is 4.98 Å². The summed E-state index contributed by atoms with van der Waals surface area (Å²) in [4.78, 5) is 4.36. The topological polar surface area (TPSA) is 35.3 Å². The molecule has 0 aliphatic carbocycles. The van der Waals surface area contributed by atoms with Crippen molar-refractivity contribution in [3.05, 3.63) is 58.0 Å². The van der Waals surface area contributed by atoms with Crippen LogP contribution in [0.1, 0.15) is 5.89 Å². The highest BCUT2D eigenvalue weighted by Gasteiger charge is 2.05. The summed E-state index contributed by atoms with van der Waals surface area (Å²) in [5, 5.41) is 0. The Labute approximate surface area is 118 Å². The van der Waals surface area contributed by atoms with E-state index < -0.39 is 0 Å². The zero-order valence-corrected chi connectivity index (χ0v) is 11.6. The first-order valence-corrected chi connectivity index (χ1v) is 6.62. The van der Waals surface area contributed by atoms with Crippen LogP contribution in [0, 0.1) is 3.57 Å². The van der Waals surface area contributed by atoms with Crippen LogP contribution in [0.25, 0.3) is 11.1 Å². The van der Waals surface area contributed by atoms with Crippen LogP contribution < -0.4 is 4.74 Å². The van der Waals surface area contributed by atoms with Gasteiger partial charge in [-0.1, -0.05) is 18.2 Å². The van der Waals surface area contributed by atoms with Crippen molar-refractivity contribution in [2.24, 2.45) is 0 Å². The fraction of sp³-hybridized carbons (Fsp3) is 0.0714. The van der Waals surface area contributed by atoms with Crippen LogP contribution in [0.2, 0.25) is 0 Å². The molecule has 0 unspecified atom stereocenters. The molecule has 0 radical (unpaired) electrons. The molecule has 18 heavy (non-hydrogen) atoms. The molecule has 0 spiro atoms. The number of para-hydroxylation sites is 2. The van der Waals surface area contributed by atoms with Crippen LogP contribution in [-0.4, -0.2) is 4.98 Å². The van der Waals surface area contributed by atoms with E-state index in [0.29, 0.717) is 12.5 Å². The normalized spacial score (nSPS) is 10.7. The highest BCUT2D eigenvalue weighted by atomic mass is 127. The van der Waals surface area contributed by atoms with Gasteiger partial charge >= 0.3 is 0 Å². The van der Waals surface area contributed by atoms with Gasteiger partial charge in [-0.2, -0.15) is 0 Å². The molecule has 4 heteroatoms. The number of oxazole rings is 1. The van der Waals surface area contributed by atoms with Crippen LogP contribution in [0.4, 0.5) is 0 Å². The Morgan fingerprint density at radius 1 is 1.11 bits per heavy atom. The van der Waals surface area contributed by atoms with Crippen molar-refractivity contribution >= 4 is 33.7 Å². The van der Waals surface area contributed by atoms with E-state index in [4.69, 9.17) is 9.15 Å². The Hall–Kier alpha value is -1.56. The summed E-state index contributed by atoms with van der Waals surface area (Å²) in [5.41, 5.74) is 1.65. The van der Waals surface area contributed by atoms with E-state index in [2.05, 4.69) is 27.6 Å². The van der Waals surface area contributed by atoms with Crippen LogP contribution in [0.15, 0.2) is 52.9 Å². The van der Waals surface area contributed by atoms with Crippen molar-refractivity contribution in [3.63, 3.8) is 0 Å². The first-order chi connectivity index (χ1) is 8.81. The number of hydrogen-bond acceptors (Lipinski definition) is 3. The molecule has 1 heterocycles. The molecule has 0 fully saturated rings. The molecule has 3 rings (SSSR count). The lowest BCUT2D eigenvalue weighted by Gasteiger charge is -2.03. The highest BCUT2D eigenvalue weighted by Crippen LogP contribution is 2.18. The van der Waals surface area contributed by atoms with Gasteiger partial charge in [0, 0.05) is 3.57 Å². The molecule has 1 aromatic heterocycles. The Morgan fingerprint density at radius 2 is 2.00 bits per heavy atom. The monoisotopic (exact) mass is 351 g/mol. The maximum Gasteiger partial charge on any atom is 0.233 e. The van der Waals surface area contributed by atoms with E-state index in [-0.39, 0.29) is 0 Å². The van der Waals surface area contributed by atoms with Gasteiger partial charge in [-0.15, -0.1) is 0 Å². The molecule has 0 atom stereocenters. The Bertz CT molecular complexity index is 645. The number of benzene rings is 2. The van der Waals surface area contributed by atoms with E-state index in [9.17, 15) is 0 Å². The van der Waals surface area contributed by atoms with Crippen molar-refractivity contribution in [2.45, 2.75) is 6.61 Å². The highest BCUT2D eigenvalue weighted by molar-refractivity contribution is 14.1. The van der Waals surface area contributed by atoms with E-state index in [1.807, 2.05) is 48.5 Å². The quantitative estimate of drug-likeness (QED) is 0.669. The predicted octanol–water partition coefficient (Wildman–Crippen LogP) is 4.01. The van der Waals surface area contributed by atoms with Gasteiger partial charge in [-0.05, 0) is 52.9 Å².